The van der Waals surface area contributed by atoms with Gasteiger partial charge in [-0.2, -0.15) is 5.10 Å². The zero-order chi connectivity index (χ0) is 17.5. The van der Waals surface area contributed by atoms with E-state index < -0.39 is 0 Å². The molecule has 0 unspecified atom stereocenters. The first kappa shape index (κ1) is 17.0. The lowest BCUT2D eigenvalue weighted by Crippen LogP contribution is -2.19. The third-order valence-corrected chi connectivity index (χ3v) is 4.52. The maximum absolute atomic E-state index is 12.0. The summed E-state index contributed by atoms with van der Waals surface area (Å²) in [6.45, 7) is 0. The number of benzene rings is 2. The molecule has 1 amide bonds. The summed E-state index contributed by atoms with van der Waals surface area (Å²) in [7, 11) is 1.62. The van der Waals surface area contributed by atoms with E-state index in [9.17, 15) is 4.79 Å². The van der Waals surface area contributed by atoms with Crippen molar-refractivity contribution in [3.63, 3.8) is 0 Å². The Bertz CT molecular complexity index is 889. The molecule has 0 aliphatic rings. The molecule has 2 aromatic carbocycles. The number of carbonyl (C=O) groups excluding carboxylic acids is 1. The van der Waals surface area contributed by atoms with Crippen LogP contribution in [0, 0.1) is 0 Å². The van der Waals surface area contributed by atoms with Crippen LogP contribution < -0.4 is 10.2 Å². The molecule has 0 fully saturated rings. The number of nitrogens with zero attached hydrogens (tertiary/aromatic N) is 2. The van der Waals surface area contributed by atoms with Gasteiger partial charge in [0.2, 0.25) is 5.91 Å². The van der Waals surface area contributed by atoms with E-state index >= 15 is 0 Å². The zero-order valence-electron chi connectivity index (χ0n) is 13.7. The van der Waals surface area contributed by atoms with Crippen molar-refractivity contribution in [3.8, 4) is 5.75 Å². The Morgan fingerprint density at radius 1 is 1.20 bits per heavy atom. The van der Waals surface area contributed by atoms with Gasteiger partial charge in [0.05, 0.1) is 24.6 Å². The Morgan fingerprint density at radius 2 is 2.00 bits per heavy atom. The van der Waals surface area contributed by atoms with Crippen LogP contribution in [0.5, 0.6) is 5.75 Å². The molecular weight excluding hydrogens is 334 g/mol. The highest BCUT2D eigenvalue weighted by Crippen LogP contribution is 2.25. The van der Waals surface area contributed by atoms with Gasteiger partial charge >= 0.3 is 0 Å². The van der Waals surface area contributed by atoms with Crippen LogP contribution in [0.3, 0.4) is 0 Å². The fourth-order valence-corrected chi connectivity index (χ4v) is 3.07. The minimum atomic E-state index is -0.164. The summed E-state index contributed by atoms with van der Waals surface area (Å²) in [4.78, 5) is 17.3. The molecule has 1 N–H and O–H groups in total. The molecule has 0 saturated heterocycles. The lowest BCUT2D eigenvalue weighted by molar-refractivity contribution is -0.118. The average Bonchev–Trinajstić information content (AvgIpc) is 2.67. The Kier molecular flexibility index (Phi) is 5.64. The van der Waals surface area contributed by atoms with Crippen LogP contribution in [0.15, 0.2) is 70.8 Å². The van der Waals surface area contributed by atoms with E-state index in [4.69, 9.17) is 4.74 Å². The fourth-order valence-electron chi connectivity index (χ4n) is 2.24. The molecule has 0 aliphatic carbocycles. The monoisotopic (exact) mass is 351 g/mol. The number of pyridine rings is 1. The summed E-state index contributed by atoms with van der Waals surface area (Å²) < 4.78 is 5.09. The molecule has 126 valence electrons. The SMILES string of the molecule is COc1ccc(C=NNC(=O)CSc2cccc3cccnc23)cc1. The Balaban J connectivity index is 1.54. The number of nitrogens with one attached hydrogen (secondary N) is 1. The molecule has 5 nitrogen and oxygen atoms in total. The zero-order valence-corrected chi connectivity index (χ0v) is 14.5. The van der Waals surface area contributed by atoms with Crippen LogP contribution >= 0.6 is 11.8 Å². The minimum Gasteiger partial charge on any atom is -0.497 e. The second-order valence-electron chi connectivity index (χ2n) is 5.19. The number of hydrazone groups is 1. The van der Waals surface area contributed by atoms with E-state index in [-0.39, 0.29) is 11.7 Å². The number of fused-ring (bicyclic) bond motifs is 1. The first-order valence-corrected chi connectivity index (χ1v) is 8.67. The van der Waals surface area contributed by atoms with E-state index in [1.54, 1.807) is 19.5 Å². The van der Waals surface area contributed by atoms with E-state index in [1.165, 1.54) is 11.8 Å². The summed E-state index contributed by atoms with van der Waals surface area (Å²) >= 11 is 1.44. The predicted molar refractivity (Wildman–Crippen MR) is 101 cm³/mol. The van der Waals surface area contributed by atoms with Crippen molar-refractivity contribution in [1.82, 2.24) is 10.4 Å². The number of aromatic nitrogens is 1. The Labute approximate surface area is 150 Å². The van der Waals surface area contributed by atoms with Crippen LogP contribution in [0.25, 0.3) is 10.9 Å². The van der Waals surface area contributed by atoms with Gasteiger partial charge in [-0.25, -0.2) is 5.43 Å². The maximum Gasteiger partial charge on any atom is 0.250 e. The molecule has 0 radical (unpaired) electrons. The number of para-hydroxylation sites is 1. The van der Waals surface area contributed by atoms with Crippen LogP contribution in [0.2, 0.25) is 0 Å². The van der Waals surface area contributed by atoms with Crippen LogP contribution in [0.1, 0.15) is 5.56 Å². The van der Waals surface area contributed by atoms with Gasteiger partial charge < -0.3 is 4.74 Å². The van der Waals surface area contributed by atoms with Gasteiger partial charge in [0, 0.05) is 16.5 Å². The quantitative estimate of drug-likeness (QED) is 0.419. The van der Waals surface area contributed by atoms with Gasteiger partial charge in [0.25, 0.3) is 0 Å². The van der Waals surface area contributed by atoms with E-state index in [2.05, 4.69) is 15.5 Å². The second kappa shape index (κ2) is 8.30. The third-order valence-electron chi connectivity index (χ3n) is 3.47. The lowest BCUT2D eigenvalue weighted by Gasteiger charge is -2.04. The molecule has 0 bridgehead atoms. The van der Waals surface area contributed by atoms with Crippen molar-refractivity contribution in [1.29, 1.82) is 0 Å². The third kappa shape index (κ3) is 4.58. The molecule has 1 heterocycles. The van der Waals surface area contributed by atoms with E-state index in [1.807, 2.05) is 54.6 Å². The van der Waals surface area contributed by atoms with Crippen molar-refractivity contribution in [3.05, 3.63) is 66.4 Å². The molecule has 1 aromatic heterocycles. The highest BCUT2D eigenvalue weighted by molar-refractivity contribution is 8.00. The summed E-state index contributed by atoms with van der Waals surface area (Å²) in [5, 5.41) is 5.04. The van der Waals surface area contributed by atoms with Gasteiger partial charge in [-0.05, 0) is 42.0 Å². The molecular formula is C19H17N3O2S. The van der Waals surface area contributed by atoms with Gasteiger partial charge in [-0.1, -0.05) is 18.2 Å². The first-order valence-electron chi connectivity index (χ1n) is 7.69. The normalized spacial score (nSPS) is 10.9. The van der Waals surface area contributed by atoms with E-state index in [0.717, 1.165) is 27.1 Å². The minimum absolute atomic E-state index is 0.164. The van der Waals surface area contributed by atoms with Crippen molar-refractivity contribution in [2.45, 2.75) is 4.90 Å². The molecule has 0 spiro atoms. The molecule has 3 aromatic rings. The average molecular weight is 351 g/mol. The smallest absolute Gasteiger partial charge is 0.250 e. The topological polar surface area (TPSA) is 63.6 Å². The number of methoxy groups -OCH3 is 1. The van der Waals surface area contributed by atoms with Gasteiger partial charge in [-0.15, -0.1) is 11.8 Å². The Hall–Kier alpha value is -2.86. The first-order chi connectivity index (χ1) is 12.3. The number of hydrogen-bond donors (Lipinski definition) is 1. The maximum atomic E-state index is 12.0. The van der Waals surface area contributed by atoms with E-state index in [0.29, 0.717) is 0 Å². The van der Waals surface area contributed by atoms with Crippen LogP contribution in [-0.2, 0) is 4.79 Å². The largest absolute Gasteiger partial charge is 0.497 e. The second-order valence-corrected chi connectivity index (χ2v) is 6.20. The summed E-state index contributed by atoms with van der Waals surface area (Å²) in [6.07, 6.45) is 3.35. The number of carbonyl (C=O) groups is 1. The number of amides is 1. The summed E-state index contributed by atoms with van der Waals surface area (Å²) in [5.74, 6) is 0.888. The van der Waals surface area contributed by atoms with Crippen molar-refractivity contribution in [2.75, 3.05) is 12.9 Å². The van der Waals surface area contributed by atoms with Crippen molar-refractivity contribution >= 4 is 34.8 Å². The number of thioether (sulfide) groups is 1. The number of hydrogen-bond acceptors (Lipinski definition) is 5. The Morgan fingerprint density at radius 3 is 2.80 bits per heavy atom. The molecule has 3 rings (SSSR count). The molecule has 0 aliphatic heterocycles. The van der Waals surface area contributed by atoms with Crippen molar-refractivity contribution in [2.24, 2.45) is 5.10 Å². The highest BCUT2D eigenvalue weighted by atomic mass is 32.2. The summed E-state index contributed by atoms with van der Waals surface area (Å²) in [6, 6.07) is 17.3. The standard InChI is InChI=1S/C19H17N3O2S/c1-24-16-9-7-14(8-10-16)12-21-22-18(23)13-25-17-6-2-4-15-5-3-11-20-19(15)17/h2-12H,13H2,1H3,(H,22,23). The van der Waals surface area contributed by atoms with Gasteiger partial charge in [-0.3, -0.25) is 9.78 Å². The van der Waals surface area contributed by atoms with Crippen LogP contribution in [0.4, 0.5) is 0 Å². The number of rotatable bonds is 6. The fraction of sp³-hybridized carbons (Fsp3) is 0.105. The van der Waals surface area contributed by atoms with Crippen LogP contribution in [-0.4, -0.2) is 30.0 Å². The van der Waals surface area contributed by atoms with Gasteiger partial charge in [0.1, 0.15) is 5.75 Å². The summed E-state index contributed by atoms with van der Waals surface area (Å²) in [5.41, 5.74) is 4.32. The molecule has 25 heavy (non-hydrogen) atoms. The lowest BCUT2D eigenvalue weighted by atomic mass is 10.2. The number of ether oxygens (including phenoxy) is 1. The molecule has 6 heteroatoms. The highest BCUT2D eigenvalue weighted by Gasteiger charge is 2.05. The predicted octanol–water partition coefficient (Wildman–Crippen LogP) is 3.49. The molecule has 0 saturated carbocycles. The van der Waals surface area contributed by atoms with Crippen molar-refractivity contribution < 1.29 is 9.53 Å². The van der Waals surface area contributed by atoms with Gasteiger partial charge in [0.15, 0.2) is 0 Å². The molecule has 0 atom stereocenters.